The molecule has 1 aromatic rings. The maximum absolute atomic E-state index is 11.5. The number of rotatable bonds is 6. The molecule has 2 N–H and O–H groups in total. The molecule has 0 radical (unpaired) electrons. The summed E-state index contributed by atoms with van der Waals surface area (Å²) in [4.78, 5) is 11.5. The first kappa shape index (κ1) is 15.7. The second-order valence-electron chi connectivity index (χ2n) is 5.12. The number of hydrogen-bond acceptors (Lipinski definition) is 2. The van der Waals surface area contributed by atoms with E-state index in [9.17, 15) is 4.79 Å². The van der Waals surface area contributed by atoms with Gasteiger partial charge in [-0.1, -0.05) is 13.0 Å². The third-order valence-electron chi connectivity index (χ3n) is 3.75. The van der Waals surface area contributed by atoms with Gasteiger partial charge in [0.15, 0.2) is 0 Å². The summed E-state index contributed by atoms with van der Waals surface area (Å²) in [6.45, 7) is 12.5. The van der Waals surface area contributed by atoms with Gasteiger partial charge in [-0.25, -0.2) is 0 Å². The van der Waals surface area contributed by atoms with Crippen LogP contribution < -0.4 is 10.6 Å². The fourth-order valence-electron chi connectivity index (χ4n) is 2.30. The van der Waals surface area contributed by atoms with Crippen molar-refractivity contribution in [3.8, 4) is 0 Å². The lowest BCUT2D eigenvalue weighted by Gasteiger charge is -2.15. The van der Waals surface area contributed by atoms with Gasteiger partial charge in [0.25, 0.3) is 0 Å². The summed E-state index contributed by atoms with van der Waals surface area (Å²) in [5.41, 5.74) is 6.74. The van der Waals surface area contributed by atoms with E-state index in [-0.39, 0.29) is 5.91 Å². The van der Waals surface area contributed by atoms with Crippen molar-refractivity contribution in [3.63, 3.8) is 0 Å². The zero-order chi connectivity index (χ0) is 14.4. The van der Waals surface area contributed by atoms with E-state index in [0.717, 1.165) is 13.0 Å². The smallest absolute Gasteiger partial charge is 0.233 e. The van der Waals surface area contributed by atoms with Crippen molar-refractivity contribution in [3.05, 3.63) is 33.9 Å². The molecule has 0 bridgehead atoms. The van der Waals surface area contributed by atoms with Crippen LogP contribution in [0.3, 0.4) is 0 Å². The molecule has 0 aromatic heterocycles. The summed E-state index contributed by atoms with van der Waals surface area (Å²) in [7, 11) is 0. The molecular weight excluding hydrogens is 236 g/mol. The highest BCUT2D eigenvalue weighted by Crippen LogP contribution is 2.21. The Morgan fingerprint density at radius 3 is 2.21 bits per heavy atom. The summed E-state index contributed by atoms with van der Waals surface area (Å²) in [6, 6.07) is 2.23. The number of hydrogen-bond donors (Lipinski definition) is 2. The van der Waals surface area contributed by atoms with Crippen molar-refractivity contribution < 1.29 is 4.79 Å². The third kappa shape index (κ3) is 4.35. The molecule has 1 aromatic carbocycles. The average Bonchev–Trinajstić information content (AvgIpc) is 2.38. The van der Waals surface area contributed by atoms with Gasteiger partial charge < -0.3 is 10.6 Å². The van der Waals surface area contributed by atoms with E-state index in [4.69, 9.17) is 0 Å². The van der Waals surface area contributed by atoms with Gasteiger partial charge >= 0.3 is 0 Å². The second kappa shape index (κ2) is 7.29. The summed E-state index contributed by atoms with van der Waals surface area (Å²) in [6.07, 6.45) is 0.901. The van der Waals surface area contributed by atoms with E-state index in [0.29, 0.717) is 13.1 Å². The zero-order valence-electron chi connectivity index (χ0n) is 12.8. The van der Waals surface area contributed by atoms with Crippen molar-refractivity contribution in [1.29, 1.82) is 0 Å². The van der Waals surface area contributed by atoms with Crippen molar-refractivity contribution in [2.75, 3.05) is 19.6 Å². The Kier molecular flexibility index (Phi) is 6.03. The number of carbonyl (C=O) groups is 1. The fourth-order valence-corrected chi connectivity index (χ4v) is 2.30. The molecule has 1 amide bonds. The van der Waals surface area contributed by atoms with Crippen LogP contribution >= 0.6 is 0 Å². The first-order valence-corrected chi connectivity index (χ1v) is 7.01. The van der Waals surface area contributed by atoms with Gasteiger partial charge in [0.2, 0.25) is 5.91 Å². The number of benzene rings is 1. The quantitative estimate of drug-likeness (QED) is 0.825. The topological polar surface area (TPSA) is 41.1 Å². The van der Waals surface area contributed by atoms with Gasteiger partial charge in [-0.05, 0) is 68.5 Å². The predicted molar refractivity (Wildman–Crippen MR) is 80.6 cm³/mol. The van der Waals surface area contributed by atoms with E-state index in [1.807, 2.05) is 6.92 Å². The first-order chi connectivity index (χ1) is 8.97. The lowest BCUT2D eigenvalue weighted by Crippen LogP contribution is -2.35. The molecular formula is C16H26N2O. The van der Waals surface area contributed by atoms with E-state index in [2.05, 4.69) is 44.4 Å². The van der Waals surface area contributed by atoms with Crippen LogP contribution in [-0.4, -0.2) is 25.5 Å². The third-order valence-corrected chi connectivity index (χ3v) is 3.75. The van der Waals surface area contributed by atoms with Gasteiger partial charge in [0, 0.05) is 6.54 Å². The fraction of sp³-hybridized carbons (Fsp3) is 0.562. The number of carbonyl (C=O) groups excluding carboxylic acids is 1. The minimum atomic E-state index is 0.0709. The predicted octanol–water partition coefficient (Wildman–Crippen LogP) is 2.19. The molecule has 106 valence electrons. The van der Waals surface area contributed by atoms with Gasteiger partial charge in [-0.15, -0.1) is 0 Å². The molecule has 0 saturated carbocycles. The van der Waals surface area contributed by atoms with Crippen LogP contribution in [0.4, 0.5) is 0 Å². The highest BCUT2D eigenvalue weighted by atomic mass is 16.1. The Balaban J connectivity index is 2.61. The van der Waals surface area contributed by atoms with Crippen molar-refractivity contribution in [2.24, 2.45) is 0 Å². The minimum absolute atomic E-state index is 0.0709. The Hall–Kier alpha value is -1.35. The molecule has 19 heavy (non-hydrogen) atoms. The number of nitrogens with one attached hydrogen (secondary N) is 2. The molecule has 0 fully saturated rings. The molecule has 0 aliphatic rings. The molecule has 0 atom stereocenters. The molecule has 0 spiro atoms. The summed E-state index contributed by atoms with van der Waals surface area (Å²) < 4.78 is 0. The summed E-state index contributed by atoms with van der Waals surface area (Å²) >= 11 is 0. The second-order valence-corrected chi connectivity index (χ2v) is 5.12. The maximum atomic E-state index is 11.5. The lowest BCUT2D eigenvalue weighted by atomic mass is 9.92. The number of likely N-dealkylation sites (N-methyl/N-ethyl adjacent to an activating group) is 1. The Morgan fingerprint density at radius 2 is 1.68 bits per heavy atom. The molecule has 0 aliphatic carbocycles. The van der Waals surface area contributed by atoms with Crippen LogP contribution in [0.5, 0.6) is 0 Å². The molecule has 3 nitrogen and oxygen atoms in total. The van der Waals surface area contributed by atoms with Crippen LogP contribution in [0.15, 0.2) is 6.07 Å². The average molecular weight is 262 g/mol. The van der Waals surface area contributed by atoms with Crippen LogP contribution in [0.2, 0.25) is 0 Å². The van der Waals surface area contributed by atoms with Crippen molar-refractivity contribution in [2.45, 2.75) is 41.0 Å². The first-order valence-electron chi connectivity index (χ1n) is 7.01. The normalized spacial score (nSPS) is 10.6. The van der Waals surface area contributed by atoms with E-state index in [1.54, 1.807) is 0 Å². The van der Waals surface area contributed by atoms with Crippen LogP contribution in [0.1, 0.15) is 34.7 Å². The minimum Gasteiger partial charge on any atom is -0.355 e. The molecule has 0 unspecified atom stereocenters. The largest absolute Gasteiger partial charge is 0.355 e. The Morgan fingerprint density at radius 1 is 1.11 bits per heavy atom. The SMILES string of the molecule is CCNCC(=O)NCCc1c(C)c(C)cc(C)c1C. The molecule has 0 heterocycles. The standard InChI is InChI=1S/C16H26N2O/c1-6-17-10-16(19)18-8-7-15-13(4)11(2)9-12(3)14(15)5/h9,17H,6-8,10H2,1-5H3,(H,18,19). The van der Waals surface area contributed by atoms with E-state index >= 15 is 0 Å². The zero-order valence-corrected chi connectivity index (χ0v) is 12.8. The molecule has 0 saturated heterocycles. The molecule has 3 heteroatoms. The van der Waals surface area contributed by atoms with Gasteiger partial charge in [0.1, 0.15) is 0 Å². The number of amides is 1. The maximum Gasteiger partial charge on any atom is 0.233 e. The molecule has 0 aliphatic heterocycles. The highest BCUT2D eigenvalue weighted by molar-refractivity contribution is 5.77. The molecule has 1 rings (SSSR count). The van der Waals surface area contributed by atoms with Crippen molar-refractivity contribution in [1.82, 2.24) is 10.6 Å². The van der Waals surface area contributed by atoms with Gasteiger partial charge in [-0.2, -0.15) is 0 Å². The van der Waals surface area contributed by atoms with E-state index in [1.165, 1.54) is 27.8 Å². The van der Waals surface area contributed by atoms with Crippen LogP contribution in [-0.2, 0) is 11.2 Å². The summed E-state index contributed by atoms with van der Waals surface area (Å²) in [5.74, 6) is 0.0709. The van der Waals surface area contributed by atoms with Crippen molar-refractivity contribution >= 4 is 5.91 Å². The Bertz CT molecular complexity index is 426. The van der Waals surface area contributed by atoms with Gasteiger partial charge in [0.05, 0.1) is 6.54 Å². The Labute approximate surface area is 116 Å². The van der Waals surface area contributed by atoms with E-state index < -0.39 is 0 Å². The summed E-state index contributed by atoms with van der Waals surface area (Å²) in [5, 5.41) is 5.98. The monoisotopic (exact) mass is 262 g/mol. The van der Waals surface area contributed by atoms with Crippen LogP contribution in [0.25, 0.3) is 0 Å². The number of aryl methyl sites for hydroxylation is 2. The van der Waals surface area contributed by atoms with Gasteiger partial charge in [-0.3, -0.25) is 4.79 Å². The lowest BCUT2D eigenvalue weighted by molar-refractivity contribution is -0.120. The van der Waals surface area contributed by atoms with Crippen LogP contribution in [0, 0.1) is 27.7 Å². The highest BCUT2D eigenvalue weighted by Gasteiger charge is 2.08.